The molecule has 3 aromatic rings. The molecule has 0 radical (unpaired) electrons. The zero-order valence-electron chi connectivity index (χ0n) is 18.6. The van der Waals surface area contributed by atoms with Crippen molar-refractivity contribution in [2.45, 2.75) is 64.8 Å². The van der Waals surface area contributed by atoms with Crippen LogP contribution in [0, 0.1) is 5.92 Å². The van der Waals surface area contributed by atoms with Gasteiger partial charge >= 0.3 is 11.9 Å². The molecule has 1 aromatic heterocycles. The van der Waals surface area contributed by atoms with Crippen molar-refractivity contribution in [3.63, 3.8) is 0 Å². The molecule has 0 spiro atoms. The highest BCUT2D eigenvalue weighted by atomic mass is 16.4. The lowest BCUT2D eigenvalue weighted by Crippen LogP contribution is -2.18. The number of nitrogens with zero attached hydrogens (tertiary/aromatic N) is 1. The van der Waals surface area contributed by atoms with E-state index in [0.717, 1.165) is 35.7 Å². The van der Waals surface area contributed by atoms with Gasteiger partial charge in [-0.05, 0) is 54.5 Å². The van der Waals surface area contributed by atoms with E-state index in [-0.39, 0.29) is 5.56 Å². The van der Waals surface area contributed by atoms with Crippen molar-refractivity contribution in [1.29, 1.82) is 0 Å². The van der Waals surface area contributed by atoms with Crippen molar-refractivity contribution >= 4 is 22.8 Å². The van der Waals surface area contributed by atoms with E-state index in [1.807, 2.05) is 18.2 Å². The Hall–Kier alpha value is -3.08. The Bertz CT molecular complexity index is 1140. The Labute approximate surface area is 188 Å². The van der Waals surface area contributed by atoms with E-state index in [1.165, 1.54) is 43.4 Å². The van der Waals surface area contributed by atoms with E-state index in [1.54, 1.807) is 24.3 Å². The van der Waals surface area contributed by atoms with Crippen LogP contribution in [0.2, 0.25) is 0 Å². The van der Waals surface area contributed by atoms with Gasteiger partial charge in [-0.2, -0.15) is 0 Å². The number of hydrogen-bond acceptors (Lipinski definition) is 2. The zero-order chi connectivity index (χ0) is 22.7. The Morgan fingerprint density at radius 1 is 1.03 bits per heavy atom. The molecule has 1 heterocycles. The quantitative estimate of drug-likeness (QED) is 0.396. The smallest absolute Gasteiger partial charge is 0.337 e. The molecule has 0 saturated heterocycles. The summed E-state index contributed by atoms with van der Waals surface area (Å²) in [4.78, 5) is 23.5. The number of carbonyl (C=O) groups is 2. The summed E-state index contributed by atoms with van der Waals surface area (Å²) < 4.78 is 2.15. The molecule has 5 heteroatoms. The first-order valence-corrected chi connectivity index (χ1v) is 11.7. The third-order valence-electron chi connectivity index (χ3n) is 6.80. The van der Waals surface area contributed by atoms with Gasteiger partial charge < -0.3 is 14.8 Å². The zero-order valence-corrected chi connectivity index (χ0v) is 18.6. The minimum absolute atomic E-state index is 0.250. The molecule has 1 atom stereocenters. The topological polar surface area (TPSA) is 79.5 Å². The van der Waals surface area contributed by atoms with Gasteiger partial charge in [0.25, 0.3) is 0 Å². The van der Waals surface area contributed by atoms with Gasteiger partial charge in [-0.25, -0.2) is 9.59 Å². The van der Waals surface area contributed by atoms with Crippen molar-refractivity contribution < 1.29 is 19.8 Å². The molecular formula is C27H31NO4. The SMILES string of the molecule is CCCCCCC1CCc2c(n(Cc3cccc(C(=O)O)c3)c3c(C(=O)O)cccc23)C1. The van der Waals surface area contributed by atoms with E-state index >= 15 is 0 Å². The number of carboxylic acids is 2. The number of para-hydroxylation sites is 1. The molecule has 1 aliphatic carbocycles. The predicted molar refractivity (Wildman–Crippen MR) is 126 cm³/mol. The van der Waals surface area contributed by atoms with Crippen molar-refractivity contribution in [2.75, 3.05) is 0 Å². The van der Waals surface area contributed by atoms with E-state index in [4.69, 9.17) is 0 Å². The first-order valence-electron chi connectivity index (χ1n) is 11.7. The number of aromatic carboxylic acids is 2. The summed E-state index contributed by atoms with van der Waals surface area (Å²) in [6, 6.07) is 12.5. The van der Waals surface area contributed by atoms with Gasteiger partial charge in [0.05, 0.1) is 16.6 Å². The monoisotopic (exact) mass is 433 g/mol. The number of unbranched alkanes of at least 4 members (excludes halogenated alkanes) is 3. The fourth-order valence-corrected chi connectivity index (χ4v) is 5.21. The first kappa shape index (κ1) is 22.1. The van der Waals surface area contributed by atoms with Crippen LogP contribution in [0.4, 0.5) is 0 Å². The fraction of sp³-hybridized carbons (Fsp3) is 0.407. The summed E-state index contributed by atoms with van der Waals surface area (Å²) in [5, 5.41) is 20.3. The largest absolute Gasteiger partial charge is 0.478 e. The number of benzene rings is 2. The van der Waals surface area contributed by atoms with Crippen LogP contribution < -0.4 is 0 Å². The van der Waals surface area contributed by atoms with E-state index in [0.29, 0.717) is 18.0 Å². The molecule has 0 amide bonds. The van der Waals surface area contributed by atoms with Crippen molar-refractivity contribution in [1.82, 2.24) is 4.57 Å². The molecular weight excluding hydrogens is 402 g/mol. The first-order chi connectivity index (χ1) is 15.5. The molecule has 0 fully saturated rings. The maximum Gasteiger partial charge on any atom is 0.337 e. The maximum absolute atomic E-state index is 12.1. The van der Waals surface area contributed by atoms with Gasteiger partial charge in [-0.15, -0.1) is 0 Å². The highest BCUT2D eigenvalue weighted by Gasteiger charge is 2.27. The minimum Gasteiger partial charge on any atom is -0.478 e. The molecule has 32 heavy (non-hydrogen) atoms. The second kappa shape index (κ2) is 9.60. The van der Waals surface area contributed by atoms with Gasteiger partial charge in [0.15, 0.2) is 0 Å². The Balaban J connectivity index is 1.75. The van der Waals surface area contributed by atoms with Gasteiger partial charge in [-0.3, -0.25) is 0 Å². The normalized spacial score (nSPS) is 15.6. The van der Waals surface area contributed by atoms with Gasteiger partial charge in [0, 0.05) is 17.6 Å². The summed E-state index contributed by atoms with van der Waals surface area (Å²) in [6.07, 6.45) is 9.30. The molecule has 1 aliphatic rings. The van der Waals surface area contributed by atoms with E-state index < -0.39 is 11.9 Å². The minimum atomic E-state index is -0.954. The van der Waals surface area contributed by atoms with Crippen molar-refractivity contribution in [2.24, 2.45) is 5.92 Å². The van der Waals surface area contributed by atoms with Crippen LogP contribution in [0.25, 0.3) is 10.9 Å². The molecule has 2 aromatic carbocycles. The Morgan fingerprint density at radius 3 is 2.59 bits per heavy atom. The average molecular weight is 434 g/mol. The highest BCUT2D eigenvalue weighted by molar-refractivity contribution is 6.04. The van der Waals surface area contributed by atoms with Gasteiger partial charge in [-0.1, -0.05) is 63.3 Å². The summed E-state index contributed by atoms with van der Waals surface area (Å²) >= 11 is 0. The molecule has 0 bridgehead atoms. The fourth-order valence-electron chi connectivity index (χ4n) is 5.21. The standard InChI is InChI=1S/C27H31NO4/c1-2-3-4-5-8-18-13-14-21-22-11-7-12-23(27(31)32)25(22)28(24(21)16-18)17-19-9-6-10-20(15-19)26(29)30/h6-7,9-12,15,18H,2-5,8,13-14,16-17H2,1H3,(H,29,30)(H,31,32). The lowest BCUT2D eigenvalue weighted by Gasteiger charge is -2.24. The molecule has 1 unspecified atom stereocenters. The maximum atomic E-state index is 12.1. The summed E-state index contributed by atoms with van der Waals surface area (Å²) in [7, 11) is 0. The van der Waals surface area contributed by atoms with Gasteiger partial charge in [0.2, 0.25) is 0 Å². The number of hydrogen-bond donors (Lipinski definition) is 2. The van der Waals surface area contributed by atoms with Crippen LogP contribution in [0.15, 0.2) is 42.5 Å². The van der Waals surface area contributed by atoms with Crippen LogP contribution in [-0.4, -0.2) is 26.7 Å². The highest BCUT2D eigenvalue weighted by Crippen LogP contribution is 2.38. The second-order valence-electron chi connectivity index (χ2n) is 8.98. The summed E-state index contributed by atoms with van der Waals surface area (Å²) in [5.41, 5.74) is 4.68. The summed E-state index contributed by atoms with van der Waals surface area (Å²) in [5.74, 6) is -1.27. The third-order valence-corrected chi connectivity index (χ3v) is 6.80. The number of rotatable bonds is 9. The number of aryl methyl sites for hydroxylation is 1. The Morgan fingerprint density at radius 2 is 1.84 bits per heavy atom. The van der Waals surface area contributed by atoms with Gasteiger partial charge in [0.1, 0.15) is 0 Å². The molecule has 168 valence electrons. The second-order valence-corrected chi connectivity index (χ2v) is 8.98. The van der Waals surface area contributed by atoms with Crippen LogP contribution in [0.3, 0.4) is 0 Å². The molecule has 4 rings (SSSR count). The van der Waals surface area contributed by atoms with Crippen molar-refractivity contribution in [3.05, 3.63) is 70.4 Å². The van der Waals surface area contributed by atoms with Crippen LogP contribution >= 0.6 is 0 Å². The summed E-state index contributed by atoms with van der Waals surface area (Å²) in [6.45, 7) is 2.70. The van der Waals surface area contributed by atoms with Crippen molar-refractivity contribution in [3.8, 4) is 0 Å². The van der Waals surface area contributed by atoms with E-state index in [9.17, 15) is 19.8 Å². The third kappa shape index (κ3) is 4.43. The number of fused-ring (bicyclic) bond motifs is 3. The number of aromatic nitrogens is 1. The molecule has 5 nitrogen and oxygen atoms in total. The molecule has 0 aliphatic heterocycles. The van der Waals surface area contributed by atoms with Crippen LogP contribution in [0.5, 0.6) is 0 Å². The van der Waals surface area contributed by atoms with E-state index in [2.05, 4.69) is 11.5 Å². The molecule has 0 saturated carbocycles. The average Bonchev–Trinajstić information content (AvgIpc) is 3.10. The predicted octanol–water partition coefficient (Wildman–Crippen LogP) is 6.16. The number of carboxylic acid groups (broad SMARTS) is 2. The lowest BCUT2D eigenvalue weighted by molar-refractivity contribution is 0.0687. The Kier molecular flexibility index (Phi) is 6.63. The molecule has 2 N–H and O–H groups in total. The van der Waals surface area contributed by atoms with Crippen LogP contribution in [0.1, 0.15) is 83.0 Å². The lowest BCUT2D eigenvalue weighted by atomic mass is 9.83. The van der Waals surface area contributed by atoms with Crippen LogP contribution in [-0.2, 0) is 19.4 Å².